The van der Waals surface area contributed by atoms with Crippen LogP contribution in [0.5, 0.6) is 0 Å². The van der Waals surface area contributed by atoms with Crippen LogP contribution in [0.15, 0.2) is 0 Å². The molecule has 0 aromatic carbocycles. The molecule has 3 aliphatic carbocycles. The Balaban J connectivity index is 1.79. The number of hydrogen-bond acceptors (Lipinski definition) is 0. The van der Waals surface area contributed by atoms with Crippen LogP contribution in [0.3, 0.4) is 0 Å². The van der Waals surface area contributed by atoms with E-state index in [4.69, 9.17) is 0 Å². The predicted molar refractivity (Wildman–Crippen MR) is 60.0 cm³/mol. The Morgan fingerprint density at radius 1 is 0.786 bits per heavy atom. The molecular weight excluding hydrogens is 168 g/mol. The summed E-state index contributed by atoms with van der Waals surface area (Å²) in [5.74, 6) is 6.90. The van der Waals surface area contributed by atoms with Crippen molar-refractivity contribution in [3.63, 3.8) is 0 Å². The van der Waals surface area contributed by atoms with Crippen molar-refractivity contribution in [1.29, 1.82) is 0 Å². The maximum absolute atomic E-state index is 2.42. The van der Waals surface area contributed by atoms with Crippen molar-refractivity contribution in [2.75, 3.05) is 0 Å². The molecule has 0 spiro atoms. The average molecular weight is 192 g/mol. The molecule has 4 unspecified atom stereocenters. The largest absolute Gasteiger partial charge is 0.0651 e. The van der Waals surface area contributed by atoms with E-state index in [-0.39, 0.29) is 0 Å². The molecule has 2 bridgehead atoms. The molecule has 0 aromatic rings. The summed E-state index contributed by atoms with van der Waals surface area (Å²) in [7, 11) is 0. The van der Waals surface area contributed by atoms with Crippen molar-refractivity contribution >= 4 is 0 Å². The van der Waals surface area contributed by atoms with Crippen LogP contribution >= 0.6 is 0 Å². The average Bonchev–Trinajstić information content (AvgIpc) is 2.86. The smallest absolute Gasteiger partial charge is 0.0349 e. The highest BCUT2D eigenvalue weighted by molar-refractivity contribution is 5.05. The van der Waals surface area contributed by atoms with Crippen LogP contribution in [0.4, 0.5) is 0 Å². The zero-order chi connectivity index (χ0) is 9.71. The fourth-order valence-corrected chi connectivity index (χ4v) is 5.33. The Morgan fingerprint density at radius 3 is 1.79 bits per heavy atom. The van der Waals surface area contributed by atoms with E-state index in [1.54, 1.807) is 25.7 Å². The molecule has 0 saturated heterocycles. The summed E-state index contributed by atoms with van der Waals surface area (Å²) in [6.07, 6.45) is 9.28. The molecule has 3 saturated carbocycles. The molecule has 4 atom stereocenters. The first kappa shape index (κ1) is 9.24. The lowest BCUT2D eigenvalue weighted by molar-refractivity contribution is 0.259. The van der Waals surface area contributed by atoms with Crippen LogP contribution in [0.1, 0.15) is 52.4 Å². The highest BCUT2D eigenvalue weighted by Gasteiger charge is 2.56. The lowest BCUT2D eigenvalue weighted by Gasteiger charge is -2.23. The number of hydrogen-bond donors (Lipinski definition) is 0. The molecule has 0 aliphatic heterocycles. The van der Waals surface area contributed by atoms with Crippen molar-refractivity contribution in [2.24, 2.45) is 35.5 Å². The first-order valence-electron chi connectivity index (χ1n) is 6.85. The van der Waals surface area contributed by atoms with Gasteiger partial charge in [0.2, 0.25) is 0 Å². The van der Waals surface area contributed by atoms with Gasteiger partial charge in [-0.25, -0.2) is 0 Å². The topological polar surface area (TPSA) is 0 Å². The van der Waals surface area contributed by atoms with Crippen molar-refractivity contribution in [2.45, 2.75) is 52.4 Å². The predicted octanol–water partition coefficient (Wildman–Crippen LogP) is 4.10. The monoisotopic (exact) mass is 192 g/mol. The second-order valence-electron chi connectivity index (χ2n) is 6.05. The van der Waals surface area contributed by atoms with Gasteiger partial charge in [0.25, 0.3) is 0 Å². The van der Waals surface area contributed by atoms with Gasteiger partial charge in [0, 0.05) is 0 Å². The molecule has 0 heteroatoms. The Labute approximate surface area is 88.5 Å². The zero-order valence-corrected chi connectivity index (χ0v) is 9.71. The standard InChI is InChI=1S/C14H24/c1-3-9-7-13-11-5-6-12(10(11)4-2)14(13)8-9/h9-14H,3-8H2,1-2H3. The SMILES string of the molecule is CCC1CC2C3CCC(C3CC)C2C1. The number of fused-ring (bicyclic) bond motifs is 5. The van der Waals surface area contributed by atoms with Gasteiger partial charge in [-0.1, -0.05) is 26.7 Å². The first-order valence-corrected chi connectivity index (χ1v) is 6.85. The second-order valence-corrected chi connectivity index (χ2v) is 6.05. The van der Waals surface area contributed by atoms with E-state index in [0.717, 1.165) is 23.7 Å². The highest BCUT2D eigenvalue weighted by atomic mass is 14.6. The first-order chi connectivity index (χ1) is 6.85. The minimum Gasteiger partial charge on any atom is -0.0651 e. The Hall–Kier alpha value is 0. The summed E-state index contributed by atoms with van der Waals surface area (Å²) < 4.78 is 0. The fourth-order valence-electron chi connectivity index (χ4n) is 5.33. The quantitative estimate of drug-likeness (QED) is 0.618. The van der Waals surface area contributed by atoms with Gasteiger partial charge in [-0.15, -0.1) is 0 Å². The third kappa shape index (κ3) is 1.06. The highest BCUT2D eigenvalue weighted by Crippen LogP contribution is 2.63. The Kier molecular flexibility index (Phi) is 2.15. The third-order valence-electron chi connectivity index (χ3n) is 5.84. The molecule has 14 heavy (non-hydrogen) atoms. The molecular formula is C14H24. The van der Waals surface area contributed by atoms with Crippen LogP contribution in [0.2, 0.25) is 0 Å². The third-order valence-corrected chi connectivity index (χ3v) is 5.84. The molecule has 0 heterocycles. The maximum atomic E-state index is 2.42. The van der Waals surface area contributed by atoms with Crippen molar-refractivity contribution in [3.05, 3.63) is 0 Å². The molecule has 0 N–H and O–H groups in total. The molecule has 80 valence electrons. The van der Waals surface area contributed by atoms with Crippen molar-refractivity contribution < 1.29 is 0 Å². The lowest BCUT2D eigenvalue weighted by Crippen LogP contribution is -2.15. The van der Waals surface area contributed by atoms with Crippen LogP contribution < -0.4 is 0 Å². The molecule has 3 aliphatic rings. The molecule has 3 rings (SSSR count). The molecule has 3 fully saturated rings. The zero-order valence-electron chi connectivity index (χ0n) is 9.71. The lowest BCUT2D eigenvalue weighted by atomic mass is 9.82. The van der Waals surface area contributed by atoms with E-state index in [9.17, 15) is 0 Å². The van der Waals surface area contributed by atoms with Gasteiger partial charge in [-0.2, -0.15) is 0 Å². The summed E-state index contributed by atoms with van der Waals surface area (Å²) in [6, 6.07) is 0. The van der Waals surface area contributed by atoms with E-state index in [1.807, 2.05) is 0 Å². The van der Waals surface area contributed by atoms with Gasteiger partial charge in [0.05, 0.1) is 0 Å². The summed E-state index contributed by atoms with van der Waals surface area (Å²) in [4.78, 5) is 0. The van der Waals surface area contributed by atoms with Gasteiger partial charge < -0.3 is 0 Å². The van der Waals surface area contributed by atoms with Crippen LogP contribution in [0, 0.1) is 35.5 Å². The van der Waals surface area contributed by atoms with Gasteiger partial charge in [-0.05, 0) is 61.2 Å². The maximum Gasteiger partial charge on any atom is -0.0349 e. The Bertz CT molecular complexity index is 200. The molecule has 0 radical (unpaired) electrons. The van der Waals surface area contributed by atoms with E-state index < -0.39 is 0 Å². The minimum absolute atomic E-state index is 1.10. The van der Waals surface area contributed by atoms with Crippen LogP contribution in [-0.2, 0) is 0 Å². The van der Waals surface area contributed by atoms with Gasteiger partial charge in [0.15, 0.2) is 0 Å². The van der Waals surface area contributed by atoms with Gasteiger partial charge in [0.1, 0.15) is 0 Å². The van der Waals surface area contributed by atoms with Gasteiger partial charge in [-0.3, -0.25) is 0 Å². The number of rotatable bonds is 2. The van der Waals surface area contributed by atoms with E-state index in [2.05, 4.69) is 13.8 Å². The molecule has 0 amide bonds. The van der Waals surface area contributed by atoms with Crippen LogP contribution in [-0.4, -0.2) is 0 Å². The summed E-state index contributed by atoms with van der Waals surface area (Å²) in [6.45, 7) is 4.82. The van der Waals surface area contributed by atoms with Crippen molar-refractivity contribution in [3.8, 4) is 0 Å². The van der Waals surface area contributed by atoms with Gasteiger partial charge >= 0.3 is 0 Å². The van der Waals surface area contributed by atoms with Crippen molar-refractivity contribution in [1.82, 2.24) is 0 Å². The van der Waals surface area contributed by atoms with E-state index in [1.165, 1.54) is 24.7 Å². The summed E-state index contributed by atoms with van der Waals surface area (Å²) in [5.41, 5.74) is 0. The summed E-state index contributed by atoms with van der Waals surface area (Å²) >= 11 is 0. The fraction of sp³-hybridized carbons (Fsp3) is 1.00. The normalized spacial score (nSPS) is 55.3. The van der Waals surface area contributed by atoms with Crippen LogP contribution in [0.25, 0.3) is 0 Å². The minimum atomic E-state index is 1.10. The molecule has 0 aromatic heterocycles. The summed E-state index contributed by atoms with van der Waals surface area (Å²) in [5, 5.41) is 0. The Morgan fingerprint density at radius 2 is 1.36 bits per heavy atom. The van der Waals surface area contributed by atoms with E-state index >= 15 is 0 Å². The molecule has 0 nitrogen and oxygen atoms in total. The second kappa shape index (κ2) is 3.25. The van der Waals surface area contributed by atoms with E-state index in [0.29, 0.717) is 0 Å².